The van der Waals surface area contributed by atoms with Crippen LogP contribution in [0, 0.1) is 19.8 Å². The lowest BCUT2D eigenvalue weighted by atomic mass is 9.83. The number of rotatable bonds is 6. The number of nitrogens with zero attached hydrogens (tertiary/aromatic N) is 2. The Kier molecular flexibility index (Phi) is 5.80. The molecule has 3 rings (SSSR count). The normalized spacial score (nSPS) is 16.6. The van der Waals surface area contributed by atoms with E-state index in [2.05, 4.69) is 55.5 Å². The van der Waals surface area contributed by atoms with Crippen molar-refractivity contribution in [2.45, 2.75) is 65.8 Å². The maximum atomic E-state index is 12.6. The summed E-state index contributed by atoms with van der Waals surface area (Å²) in [4.78, 5) is 12.6. The second kappa shape index (κ2) is 8.07. The Bertz CT molecular complexity index is 776. The van der Waals surface area contributed by atoms with Crippen LogP contribution in [-0.4, -0.2) is 22.2 Å². The van der Waals surface area contributed by atoms with Gasteiger partial charge >= 0.3 is 0 Å². The first-order chi connectivity index (χ1) is 12.5. The highest BCUT2D eigenvalue weighted by molar-refractivity contribution is 5.79. The lowest BCUT2D eigenvalue weighted by Crippen LogP contribution is -2.31. The van der Waals surface area contributed by atoms with Crippen molar-refractivity contribution < 1.29 is 4.79 Å². The summed E-state index contributed by atoms with van der Waals surface area (Å²) in [6.07, 6.45) is 3.94. The van der Waals surface area contributed by atoms with Gasteiger partial charge in [0.15, 0.2) is 0 Å². The van der Waals surface area contributed by atoms with Crippen LogP contribution in [0.5, 0.6) is 0 Å². The number of hydrogen-bond donors (Lipinski definition) is 1. The largest absolute Gasteiger partial charge is 0.355 e. The fourth-order valence-corrected chi connectivity index (χ4v) is 4.04. The smallest absolute Gasteiger partial charge is 0.224 e. The lowest BCUT2D eigenvalue weighted by Gasteiger charge is -2.25. The van der Waals surface area contributed by atoms with E-state index < -0.39 is 0 Å². The highest BCUT2D eigenvalue weighted by Gasteiger charge is 2.21. The van der Waals surface area contributed by atoms with E-state index in [1.807, 2.05) is 11.6 Å². The van der Waals surface area contributed by atoms with Gasteiger partial charge in [0.1, 0.15) is 0 Å². The fourth-order valence-electron chi connectivity index (χ4n) is 4.04. The van der Waals surface area contributed by atoms with E-state index >= 15 is 0 Å². The molecule has 0 saturated carbocycles. The highest BCUT2D eigenvalue weighted by atomic mass is 16.1. The van der Waals surface area contributed by atoms with E-state index in [9.17, 15) is 4.79 Å². The fraction of sp³-hybridized carbons (Fsp3) is 0.545. The summed E-state index contributed by atoms with van der Waals surface area (Å²) in [7, 11) is 0. The van der Waals surface area contributed by atoms with Gasteiger partial charge in [-0.15, -0.1) is 0 Å². The topological polar surface area (TPSA) is 46.9 Å². The second-order valence-corrected chi connectivity index (χ2v) is 7.99. The molecule has 2 aromatic rings. The number of nitrogens with one attached hydrogen (secondary N) is 1. The zero-order valence-corrected chi connectivity index (χ0v) is 16.5. The zero-order chi connectivity index (χ0) is 18.7. The molecule has 0 fully saturated rings. The molecule has 0 bridgehead atoms. The molecule has 26 heavy (non-hydrogen) atoms. The zero-order valence-electron chi connectivity index (χ0n) is 16.5. The van der Waals surface area contributed by atoms with Gasteiger partial charge in [-0.05, 0) is 50.2 Å². The van der Waals surface area contributed by atoms with Crippen molar-refractivity contribution in [3.8, 4) is 0 Å². The van der Waals surface area contributed by atoms with Gasteiger partial charge in [-0.3, -0.25) is 9.48 Å². The van der Waals surface area contributed by atoms with Crippen molar-refractivity contribution in [1.29, 1.82) is 0 Å². The van der Waals surface area contributed by atoms with Gasteiger partial charge in [0, 0.05) is 30.3 Å². The molecule has 1 aromatic heterocycles. The van der Waals surface area contributed by atoms with Gasteiger partial charge in [0.2, 0.25) is 5.91 Å². The maximum Gasteiger partial charge on any atom is 0.224 e. The van der Waals surface area contributed by atoms with Crippen LogP contribution in [-0.2, 0) is 24.2 Å². The van der Waals surface area contributed by atoms with Crippen molar-refractivity contribution in [2.75, 3.05) is 6.54 Å². The standard InChI is InChI=1S/C22H31N3O/c1-15(2)14-25-17(4)21(16(3)24-25)12-22(26)23-13-19-10-7-9-18-8-5-6-11-20(18)19/h5-6,8,11,15,19H,7,9-10,12-14H2,1-4H3,(H,23,26). The Labute approximate surface area is 157 Å². The molecule has 4 nitrogen and oxygen atoms in total. The summed E-state index contributed by atoms with van der Waals surface area (Å²) < 4.78 is 2.04. The monoisotopic (exact) mass is 353 g/mol. The molecule has 1 aromatic carbocycles. The summed E-state index contributed by atoms with van der Waals surface area (Å²) in [5.41, 5.74) is 6.03. The van der Waals surface area contributed by atoms with Gasteiger partial charge in [0.25, 0.3) is 0 Å². The van der Waals surface area contributed by atoms with Crippen LogP contribution in [0.4, 0.5) is 0 Å². The lowest BCUT2D eigenvalue weighted by molar-refractivity contribution is -0.120. The van der Waals surface area contributed by atoms with Crippen molar-refractivity contribution in [2.24, 2.45) is 5.92 Å². The molecule has 140 valence electrons. The molecule has 1 aliphatic rings. The number of carbonyl (C=O) groups excluding carboxylic acids is 1. The molecule has 1 aliphatic carbocycles. The van der Waals surface area contributed by atoms with Crippen LogP contribution >= 0.6 is 0 Å². The average Bonchev–Trinajstić information content (AvgIpc) is 2.86. The predicted octanol–water partition coefficient (Wildman–Crippen LogP) is 3.93. The highest BCUT2D eigenvalue weighted by Crippen LogP contribution is 2.30. The van der Waals surface area contributed by atoms with Crippen LogP contribution in [0.2, 0.25) is 0 Å². The number of fused-ring (bicyclic) bond motifs is 1. The second-order valence-electron chi connectivity index (χ2n) is 7.99. The summed E-state index contributed by atoms with van der Waals surface area (Å²) in [6, 6.07) is 8.66. The molecule has 1 N–H and O–H groups in total. The number of aromatic nitrogens is 2. The Hall–Kier alpha value is -2.10. The number of carbonyl (C=O) groups is 1. The minimum atomic E-state index is 0.100. The van der Waals surface area contributed by atoms with Gasteiger partial charge in [-0.1, -0.05) is 38.1 Å². The van der Waals surface area contributed by atoms with E-state index in [-0.39, 0.29) is 5.91 Å². The van der Waals surface area contributed by atoms with Gasteiger partial charge in [-0.25, -0.2) is 0 Å². The van der Waals surface area contributed by atoms with Crippen molar-refractivity contribution in [1.82, 2.24) is 15.1 Å². The summed E-state index contributed by atoms with van der Waals surface area (Å²) in [6.45, 7) is 10.1. The molecule has 1 unspecified atom stereocenters. The van der Waals surface area contributed by atoms with Crippen LogP contribution in [0.25, 0.3) is 0 Å². The third-order valence-electron chi connectivity index (χ3n) is 5.45. The molecule has 4 heteroatoms. The Morgan fingerprint density at radius 2 is 2.08 bits per heavy atom. The minimum Gasteiger partial charge on any atom is -0.355 e. The Morgan fingerprint density at radius 3 is 2.85 bits per heavy atom. The first-order valence-electron chi connectivity index (χ1n) is 9.83. The number of aryl methyl sites for hydroxylation is 2. The molecule has 1 atom stereocenters. The summed E-state index contributed by atoms with van der Waals surface area (Å²) >= 11 is 0. The van der Waals surface area contributed by atoms with Gasteiger partial charge in [0.05, 0.1) is 12.1 Å². The molecule has 1 heterocycles. The number of amides is 1. The van der Waals surface area contributed by atoms with E-state index in [1.54, 1.807) is 0 Å². The summed E-state index contributed by atoms with van der Waals surface area (Å²) in [5, 5.41) is 7.79. The molecule has 1 amide bonds. The molecule has 0 radical (unpaired) electrons. The number of benzene rings is 1. The third-order valence-corrected chi connectivity index (χ3v) is 5.45. The summed E-state index contributed by atoms with van der Waals surface area (Å²) in [5.74, 6) is 1.08. The maximum absolute atomic E-state index is 12.6. The van der Waals surface area contributed by atoms with Crippen LogP contribution in [0.3, 0.4) is 0 Å². The van der Waals surface area contributed by atoms with Crippen LogP contribution in [0.15, 0.2) is 24.3 Å². The SMILES string of the molecule is Cc1nn(CC(C)C)c(C)c1CC(=O)NCC1CCCc2ccccc21. The van der Waals surface area contributed by atoms with E-state index in [4.69, 9.17) is 0 Å². The predicted molar refractivity (Wildman–Crippen MR) is 105 cm³/mol. The van der Waals surface area contributed by atoms with Crippen LogP contribution in [0.1, 0.15) is 60.7 Å². The minimum absolute atomic E-state index is 0.100. The van der Waals surface area contributed by atoms with Gasteiger partial charge < -0.3 is 5.32 Å². The first kappa shape index (κ1) is 18.7. The third kappa shape index (κ3) is 4.17. The quantitative estimate of drug-likeness (QED) is 0.855. The average molecular weight is 354 g/mol. The molecule has 0 saturated heterocycles. The van der Waals surface area contributed by atoms with E-state index in [0.29, 0.717) is 18.3 Å². The van der Waals surface area contributed by atoms with Crippen molar-refractivity contribution in [3.63, 3.8) is 0 Å². The van der Waals surface area contributed by atoms with Crippen LogP contribution < -0.4 is 5.32 Å². The Balaban J connectivity index is 1.61. The Morgan fingerprint density at radius 1 is 1.31 bits per heavy atom. The number of hydrogen-bond acceptors (Lipinski definition) is 2. The first-order valence-corrected chi connectivity index (χ1v) is 9.83. The van der Waals surface area contributed by atoms with Gasteiger partial charge in [-0.2, -0.15) is 5.10 Å². The molecule has 0 aliphatic heterocycles. The molecular formula is C22H31N3O. The van der Waals surface area contributed by atoms with Crippen molar-refractivity contribution in [3.05, 3.63) is 52.3 Å². The van der Waals surface area contributed by atoms with Crippen molar-refractivity contribution >= 4 is 5.91 Å². The van der Waals surface area contributed by atoms with E-state index in [1.165, 1.54) is 17.5 Å². The van der Waals surface area contributed by atoms with E-state index in [0.717, 1.165) is 42.9 Å². The molecule has 0 spiro atoms. The molecular weight excluding hydrogens is 322 g/mol.